The van der Waals surface area contributed by atoms with Crippen molar-refractivity contribution in [3.63, 3.8) is 0 Å². The topological polar surface area (TPSA) is 47.8 Å². The van der Waals surface area contributed by atoms with Crippen molar-refractivity contribution in [1.29, 1.82) is 0 Å². The maximum absolute atomic E-state index is 12.4. The predicted octanol–water partition coefficient (Wildman–Crippen LogP) is 3.10. The molecule has 0 aromatic carbocycles. The number of ketones is 1. The molecule has 2 rings (SSSR count). The number of carbonyl (C=O) groups excluding carboxylic acids is 1. The van der Waals surface area contributed by atoms with Crippen LogP contribution in [0.1, 0.15) is 34.4 Å². The molecule has 0 saturated heterocycles. The molecule has 5 heteroatoms. The Morgan fingerprint density at radius 2 is 2.11 bits per heavy atom. The van der Waals surface area contributed by atoms with Gasteiger partial charge in [-0.15, -0.1) is 0 Å². The number of rotatable bonds is 4. The van der Waals surface area contributed by atoms with Crippen molar-refractivity contribution in [3.05, 3.63) is 45.4 Å². The number of carbonyl (C=O) groups is 1. The van der Waals surface area contributed by atoms with Crippen LogP contribution in [0.5, 0.6) is 0 Å². The van der Waals surface area contributed by atoms with E-state index in [4.69, 9.17) is 0 Å². The van der Waals surface area contributed by atoms with Gasteiger partial charge in [0.2, 0.25) is 0 Å². The standard InChI is InChI=1S/C14H16BrN3O/c1-4-18-12(14(15)10(3)17-18)8-13(19)11-6-5-7-16-9(11)2/h5-7H,4,8H2,1-3H3. The van der Waals surface area contributed by atoms with E-state index >= 15 is 0 Å². The molecule has 4 nitrogen and oxygen atoms in total. The van der Waals surface area contributed by atoms with E-state index in [2.05, 4.69) is 26.0 Å². The lowest BCUT2D eigenvalue weighted by Gasteiger charge is -2.06. The van der Waals surface area contributed by atoms with E-state index in [1.807, 2.05) is 31.5 Å². The van der Waals surface area contributed by atoms with Gasteiger partial charge in [-0.3, -0.25) is 14.5 Å². The third kappa shape index (κ3) is 2.76. The average Bonchev–Trinajstić information content (AvgIpc) is 2.67. The number of Topliss-reactive ketones (excluding diaryl/α,β-unsaturated/α-hetero) is 1. The Labute approximate surface area is 121 Å². The van der Waals surface area contributed by atoms with Crippen LogP contribution in [0.3, 0.4) is 0 Å². The first kappa shape index (κ1) is 13.9. The highest BCUT2D eigenvalue weighted by atomic mass is 79.9. The molecule has 0 radical (unpaired) electrons. The first-order valence-corrected chi connectivity index (χ1v) is 7.00. The third-order valence-electron chi connectivity index (χ3n) is 3.09. The molecule has 0 aliphatic heterocycles. The molecule has 0 fully saturated rings. The molecule has 100 valence electrons. The molecule has 0 unspecified atom stereocenters. The lowest BCUT2D eigenvalue weighted by molar-refractivity contribution is 0.0989. The molecular formula is C14H16BrN3O. The number of hydrogen-bond donors (Lipinski definition) is 0. The minimum Gasteiger partial charge on any atom is -0.294 e. The maximum Gasteiger partial charge on any atom is 0.170 e. The first-order chi connectivity index (χ1) is 9.04. The van der Waals surface area contributed by atoms with Gasteiger partial charge in [0, 0.05) is 24.0 Å². The summed E-state index contributed by atoms with van der Waals surface area (Å²) in [6.45, 7) is 6.55. The summed E-state index contributed by atoms with van der Waals surface area (Å²) in [5.74, 6) is 0.0703. The minimum atomic E-state index is 0.0703. The molecule has 2 aromatic heterocycles. The fraction of sp³-hybridized carbons (Fsp3) is 0.357. The smallest absolute Gasteiger partial charge is 0.170 e. The van der Waals surface area contributed by atoms with Crippen molar-refractivity contribution in [2.45, 2.75) is 33.7 Å². The van der Waals surface area contributed by atoms with Crippen LogP contribution in [-0.4, -0.2) is 20.5 Å². The largest absolute Gasteiger partial charge is 0.294 e. The lowest BCUT2D eigenvalue weighted by atomic mass is 10.1. The molecule has 2 heterocycles. The van der Waals surface area contributed by atoms with Crippen LogP contribution in [0.4, 0.5) is 0 Å². The third-order valence-corrected chi connectivity index (χ3v) is 4.12. The molecule has 2 aromatic rings. The van der Waals surface area contributed by atoms with Crippen LogP contribution in [0.15, 0.2) is 22.8 Å². The molecule has 19 heavy (non-hydrogen) atoms. The Bertz CT molecular complexity index is 619. The fourth-order valence-electron chi connectivity index (χ4n) is 2.06. The summed E-state index contributed by atoms with van der Waals surface area (Å²) in [6, 6.07) is 3.61. The Morgan fingerprint density at radius 3 is 2.74 bits per heavy atom. The van der Waals surface area contributed by atoms with E-state index in [1.54, 1.807) is 12.3 Å². The Kier molecular flexibility index (Phi) is 4.14. The summed E-state index contributed by atoms with van der Waals surface area (Å²) in [5.41, 5.74) is 3.28. The number of nitrogens with zero attached hydrogens (tertiary/aromatic N) is 3. The monoisotopic (exact) mass is 321 g/mol. The van der Waals surface area contributed by atoms with Crippen molar-refractivity contribution in [3.8, 4) is 0 Å². The highest BCUT2D eigenvalue weighted by molar-refractivity contribution is 9.10. The van der Waals surface area contributed by atoms with Crippen molar-refractivity contribution < 1.29 is 4.79 Å². The highest BCUT2D eigenvalue weighted by Gasteiger charge is 2.17. The van der Waals surface area contributed by atoms with Gasteiger partial charge in [-0.1, -0.05) is 0 Å². The Balaban J connectivity index is 2.32. The minimum absolute atomic E-state index is 0.0703. The van der Waals surface area contributed by atoms with Gasteiger partial charge in [0.1, 0.15) is 0 Å². The van der Waals surface area contributed by atoms with E-state index < -0.39 is 0 Å². The summed E-state index contributed by atoms with van der Waals surface area (Å²) < 4.78 is 2.78. The first-order valence-electron chi connectivity index (χ1n) is 6.21. The molecule has 0 atom stereocenters. The van der Waals surface area contributed by atoms with Gasteiger partial charge in [0.25, 0.3) is 0 Å². The predicted molar refractivity (Wildman–Crippen MR) is 77.3 cm³/mol. The normalized spacial score (nSPS) is 10.7. The van der Waals surface area contributed by atoms with Crippen LogP contribution >= 0.6 is 15.9 Å². The van der Waals surface area contributed by atoms with Gasteiger partial charge in [-0.05, 0) is 48.8 Å². The molecule has 0 spiro atoms. The van der Waals surface area contributed by atoms with Crippen LogP contribution in [0, 0.1) is 13.8 Å². The molecular weight excluding hydrogens is 306 g/mol. The van der Waals surface area contributed by atoms with Crippen LogP contribution in [-0.2, 0) is 13.0 Å². The Hall–Kier alpha value is -1.49. The van der Waals surface area contributed by atoms with E-state index in [0.717, 1.165) is 28.1 Å². The second-order valence-corrected chi connectivity index (χ2v) is 5.19. The Morgan fingerprint density at radius 1 is 1.37 bits per heavy atom. The van der Waals surface area contributed by atoms with Crippen molar-refractivity contribution >= 4 is 21.7 Å². The zero-order chi connectivity index (χ0) is 14.0. The van der Waals surface area contributed by atoms with E-state index in [-0.39, 0.29) is 5.78 Å². The van der Waals surface area contributed by atoms with E-state index in [1.165, 1.54) is 0 Å². The number of pyridine rings is 1. The van der Waals surface area contributed by atoms with Crippen molar-refractivity contribution in [1.82, 2.24) is 14.8 Å². The quantitative estimate of drug-likeness (QED) is 0.813. The van der Waals surface area contributed by atoms with Gasteiger partial charge in [0.05, 0.1) is 22.3 Å². The fourth-order valence-corrected chi connectivity index (χ4v) is 2.49. The van der Waals surface area contributed by atoms with Gasteiger partial charge < -0.3 is 0 Å². The van der Waals surface area contributed by atoms with E-state index in [9.17, 15) is 4.79 Å². The summed E-state index contributed by atoms with van der Waals surface area (Å²) >= 11 is 3.51. The second kappa shape index (κ2) is 5.65. The molecule has 0 N–H and O–H groups in total. The van der Waals surface area contributed by atoms with Crippen LogP contribution in [0.2, 0.25) is 0 Å². The average molecular weight is 322 g/mol. The van der Waals surface area contributed by atoms with Gasteiger partial charge >= 0.3 is 0 Å². The molecule has 0 aliphatic carbocycles. The molecule has 0 aliphatic rings. The maximum atomic E-state index is 12.4. The van der Waals surface area contributed by atoms with E-state index in [0.29, 0.717) is 12.0 Å². The highest BCUT2D eigenvalue weighted by Crippen LogP contribution is 2.23. The zero-order valence-electron chi connectivity index (χ0n) is 11.3. The van der Waals surface area contributed by atoms with Gasteiger partial charge in [-0.25, -0.2) is 0 Å². The summed E-state index contributed by atoms with van der Waals surface area (Å²) in [5, 5.41) is 4.40. The zero-order valence-corrected chi connectivity index (χ0v) is 12.9. The molecule has 0 saturated carbocycles. The lowest BCUT2D eigenvalue weighted by Crippen LogP contribution is -2.11. The van der Waals surface area contributed by atoms with Crippen molar-refractivity contribution in [2.75, 3.05) is 0 Å². The number of aromatic nitrogens is 3. The summed E-state index contributed by atoms with van der Waals surface area (Å²) in [6.07, 6.45) is 2.03. The number of hydrogen-bond acceptors (Lipinski definition) is 3. The number of halogens is 1. The van der Waals surface area contributed by atoms with Gasteiger partial charge in [0.15, 0.2) is 5.78 Å². The van der Waals surface area contributed by atoms with Crippen molar-refractivity contribution in [2.24, 2.45) is 0 Å². The second-order valence-electron chi connectivity index (χ2n) is 4.40. The SMILES string of the molecule is CCn1nc(C)c(Br)c1CC(=O)c1cccnc1C. The van der Waals surface area contributed by atoms with Crippen LogP contribution in [0.25, 0.3) is 0 Å². The number of aryl methyl sites for hydroxylation is 3. The summed E-state index contributed by atoms with van der Waals surface area (Å²) in [4.78, 5) is 16.5. The van der Waals surface area contributed by atoms with Crippen LogP contribution < -0.4 is 0 Å². The summed E-state index contributed by atoms with van der Waals surface area (Å²) in [7, 11) is 0. The molecule has 0 bridgehead atoms. The molecule has 0 amide bonds. The van der Waals surface area contributed by atoms with Gasteiger partial charge in [-0.2, -0.15) is 5.10 Å².